The van der Waals surface area contributed by atoms with Gasteiger partial charge in [0.25, 0.3) is 0 Å². The van der Waals surface area contributed by atoms with Gasteiger partial charge < -0.3 is 10.2 Å². The van der Waals surface area contributed by atoms with Crippen LogP contribution < -0.4 is 5.32 Å². The van der Waals surface area contributed by atoms with Gasteiger partial charge in [0.1, 0.15) is 12.1 Å². The van der Waals surface area contributed by atoms with E-state index in [1.807, 2.05) is 18.7 Å². The number of rotatable bonds is 3. The lowest BCUT2D eigenvalue weighted by Gasteiger charge is -2.43. The normalized spacial score (nSPS) is 35.8. The van der Waals surface area contributed by atoms with Crippen LogP contribution in [-0.4, -0.2) is 58.9 Å². The van der Waals surface area contributed by atoms with Crippen molar-refractivity contribution in [3.8, 4) is 0 Å². The van der Waals surface area contributed by atoms with Crippen molar-refractivity contribution in [2.24, 2.45) is 5.92 Å². The third kappa shape index (κ3) is 2.32. The molecule has 3 rings (SSSR count). The van der Waals surface area contributed by atoms with E-state index in [4.69, 9.17) is 0 Å². The van der Waals surface area contributed by atoms with Gasteiger partial charge in [-0.3, -0.25) is 14.5 Å². The Hall–Kier alpha value is -1.10. The maximum atomic E-state index is 12.6. The summed E-state index contributed by atoms with van der Waals surface area (Å²) in [7, 11) is 0. The number of likely N-dealkylation sites (tertiary alicyclic amines) is 1. The summed E-state index contributed by atoms with van der Waals surface area (Å²) in [5.74, 6) is 0.254. The quantitative estimate of drug-likeness (QED) is 0.823. The molecule has 5 heteroatoms. The lowest BCUT2D eigenvalue weighted by atomic mass is 9.95. The Morgan fingerprint density at radius 2 is 1.85 bits per heavy atom. The Kier molecular flexibility index (Phi) is 3.48. The van der Waals surface area contributed by atoms with E-state index in [0.29, 0.717) is 0 Å². The van der Waals surface area contributed by atoms with Crippen LogP contribution >= 0.6 is 0 Å². The molecule has 1 N–H and O–H groups in total. The first kappa shape index (κ1) is 13.9. The highest BCUT2D eigenvalue weighted by Crippen LogP contribution is 2.33. The molecule has 5 nitrogen and oxygen atoms in total. The number of carbonyl (C=O) groups is 2. The molecule has 0 aromatic rings. The van der Waals surface area contributed by atoms with E-state index in [1.54, 1.807) is 6.92 Å². The van der Waals surface area contributed by atoms with Crippen LogP contribution in [-0.2, 0) is 9.59 Å². The summed E-state index contributed by atoms with van der Waals surface area (Å²) >= 11 is 0. The van der Waals surface area contributed by atoms with Gasteiger partial charge in [-0.15, -0.1) is 0 Å². The fourth-order valence-electron chi connectivity index (χ4n) is 3.65. The van der Waals surface area contributed by atoms with E-state index < -0.39 is 0 Å². The van der Waals surface area contributed by atoms with Gasteiger partial charge in [0, 0.05) is 25.2 Å². The van der Waals surface area contributed by atoms with Gasteiger partial charge in [-0.05, 0) is 32.1 Å². The highest BCUT2D eigenvalue weighted by atomic mass is 16.2. The van der Waals surface area contributed by atoms with E-state index in [-0.39, 0.29) is 35.9 Å². The van der Waals surface area contributed by atoms with Crippen molar-refractivity contribution in [1.82, 2.24) is 15.1 Å². The number of nitrogens with zero attached hydrogens (tertiary/aromatic N) is 2. The summed E-state index contributed by atoms with van der Waals surface area (Å²) in [6.07, 6.45) is 3.60. The molecule has 112 valence electrons. The predicted molar refractivity (Wildman–Crippen MR) is 76.1 cm³/mol. The first-order chi connectivity index (χ1) is 9.49. The number of hydrogen-bond acceptors (Lipinski definition) is 3. The highest BCUT2D eigenvalue weighted by molar-refractivity contribution is 5.97. The zero-order valence-corrected chi connectivity index (χ0v) is 12.6. The molecule has 3 aliphatic rings. The second-order valence-electron chi connectivity index (χ2n) is 6.83. The van der Waals surface area contributed by atoms with Crippen LogP contribution in [0.1, 0.15) is 40.0 Å². The maximum Gasteiger partial charge on any atom is 0.245 e. The Balaban J connectivity index is 1.79. The van der Waals surface area contributed by atoms with Gasteiger partial charge >= 0.3 is 0 Å². The fourth-order valence-corrected chi connectivity index (χ4v) is 3.65. The van der Waals surface area contributed by atoms with E-state index in [2.05, 4.69) is 10.2 Å². The molecule has 2 aliphatic heterocycles. The standard InChI is InChI=1S/C15H25N3O2/c1-9(2)13-14(19)16-10(3)15(20)18(13)12-6-7-17(8-12)11-4-5-11/h9-13H,4-8H2,1-3H3,(H,16,19). The van der Waals surface area contributed by atoms with Gasteiger partial charge in [-0.2, -0.15) is 0 Å². The molecule has 3 fully saturated rings. The predicted octanol–water partition coefficient (Wildman–Crippen LogP) is 0.595. The van der Waals surface area contributed by atoms with Gasteiger partial charge in [0.15, 0.2) is 0 Å². The fraction of sp³-hybridized carbons (Fsp3) is 0.867. The molecular weight excluding hydrogens is 254 g/mol. The highest BCUT2D eigenvalue weighted by Gasteiger charge is 2.46. The summed E-state index contributed by atoms with van der Waals surface area (Å²) in [5, 5.41) is 2.82. The molecule has 1 aliphatic carbocycles. The monoisotopic (exact) mass is 279 g/mol. The van der Waals surface area contributed by atoms with Gasteiger partial charge in [0.2, 0.25) is 11.8 Å². The van der Waals surface area contributed by atoms with Crippen molar-refractivity contribution < 1.29 is 9.59 Å². The lowest BCUT2D eigenvalue weighted by Crippen LogP contribution is -2.66. The molecule has 0 spiro atoms. The molecule has 2 saturated heterocycles. The van der Waals surface area contributed by atoms with Gasteiger partial charge in [-0.1, -0.05) is 13.8 Å². The van der Waals surface area contributed by atoms with Crippen LogP contribution in [0.2, 0.25) is 0 Å². The number of nitrogens with one attached hydrogen (secondary N) is 1. The molecule has 20 heavy (non-hydrogen) atoms. The summed E-state index contributed by atoms with van der Waals surface area (Å²) in [6, 6.07) is 0.267. The molecule has 3 atom stereocenters. The minimum atomic E-state index is -0.382. The van der Waals surface area contributed by atoms with Crippen LogP contribution in [0.3, 0.4) is 0 Å². The molecule has 2 amide bonds. The van der Waals surface area contributed by atoms with Crippen LogP contribution in [0.4, 0.5) is 0 Å². The van der Waals surface area contributed by atoms with E-state index in [0.717, 1.165) is 25.6 Å². The Morgan fingerprint density at radius 1 is 1.15 bits per heavy atom. The van der Waals surface area contributed by atoms with Crippen molar-refractivity contribution in [2.45, 2.75) is 64.2 Å². The van der Waals surface area contributed by atoms with Crippen molar-refractivity contribution in [1.29, 1.82) is 0 Å². The van der Waals surface area contributed by atoms with Crippen molar-refractivity contribution in [3.05, 3.63) is 0 Å². The molecule has 2 heterocycles. The average molecular weight is 279 g/mol. The summed E-state index contributed by atoms with van der Waals surface area (Å²) in [4.78, 5) is 29.2. The Morgan fingerprint density at radius 3 is 2.45 bits per heavy atom. The minimum absolute atomic E-state index is 0.0111. The second-order valence-corrected chi connectivity index (χ2v) is 6.83. The van der Waals surface area contributed by atoms with Crippen molar-refractivity contribution >= 4 is 11.8 Å². The second kappa shape index (κ2) is 5.02. The van der Waals surface area contributed by atoms with Crippen molar-refractivity contribution in [3.63, 3.8) is 0 Å². The van der Waals surface area contributed by atoms with E-state index >= 15 is 0 Å². The third-order valence-corrected chi connectivity index (χ3v) is 4.83. The van der Waals surface area contributed by atoms with Crippen LogP contribution in [0, 0.1) is 5.92 Å². The number of hydrogen-bond donors (Lipinski definition) is 1. The Labute approximate surface area is 120 Å². The average Bonchev–Trinajstić information content (AvgIpc) is 3.12. The maximum absolute atomic E-state index is 12.6. The molecular formula is C15H25N3O2. The topological polar surface area (TPSA) is 52.7 Å². The molecule has 0 bridgehead atoms. The third-order valence-electron chi connectivity index (χ3n) is 4.83. The van der Waals surface area contributed by atoms with Crippen molar-refractivity contribution in [2.75, 3.05) is 13.1 Å². The largest absolute Gasteiger partial charge is 0.343 e. The molecule has 0 aromatic carbocycles. The molecule has 0 aromatic heterocycles. The van der Waals surface area contributed by atoms with E-state index in [1.165, 1.54) is 12.8 Å². The summed E-state index contributed by atoms with van der Waals surface area (Å²) in [5.41, 5.74) is 0. The van der Waals surface area contributed by atoms with Crippen LogP contribution in [0.15, 0.2) is 0 Å². The number of amides is 2. The summed E-state index contributed by atoms with van der Waals surface area (Å²) < 4.78 is 0. The Bertz CT molecular complexity index is 419. The summed E-state index contributed by atoms with van der Waals surface area (Å²) in [6.45, 7) is 7.85. The zero-order chi connectivity index (χ0) is 14.4. The van der Waals surface area contributed by atoms with Gasteiger partial charge in [-0.25, -0.2) is 0 Å². The van der Waals surface area contributed by atoms with Crippen LogP contribution in [0.5, 0.6) is 0 Å². The first-order valence-electron chi connectivity index (χ1n) is 7.85. The SMILES string of the molecule is CC1NC(=O)C(C(C)C)N(C2CCN(C3CC3)C2)C1=O. The molecule has 0 radical (unpaired) electrons. The number of piperazine rings is 1. The van der Waals surface area contributed by atoms with E-state index in [9.17, 15) is 9.59 Å². The molecule has 1 saturated carbocycles. The molecule has 3 unspecified atom stereocenters. The smallest absolute Gasteiger partial charge is 0.245 e. The first-order valence-corrected chi connectivity index (χ1v) is 7.85. The lowest BCUT2D eigenvalue weighted by molar-refractivity contribution is -0.153. The number of carbonyl (C=O) groups excluding carboxylic acids is 2. The zero-order valence-electron chi connectivity index (χ0n) is 12.6. The van der Waals surface area contributed by atoms with Crippen LogP contribution in [0.25, 0.3) is 0 Å². The van der Waals surface area contributed by atoms with Gasteiger partial charge in [0.05, 0.1) is 0 Å². The minimum Gasteiger partial charge on any atom is -0.343 e.